The molecule has 3 rings (SSSR count). The molecule has 4 unspecified atom stereocenters. The molecule has 4 nitrogen and oxygen atoms in total. The van der Waals surface area contributed by atoms with E-state index in [1.54, 1.807) is 12.8 Å². The molecule has 3 aliphatic rings. The summed E-state index contributed by atoms with van der Waals surface area (Å²) in [6.07, 6.45) is 5.55. The van der Waals surface area contributed by atoms with Crippen molar-refractivity contribution in [2.45, 2.75) is 37.1 Å². The molecule has 1 fully saturated rings. The minimum atomic E-state index is 0.255. The van der Waals surface area contributed by atoms with Gasteiger partial charge in [-0.1, -0.05) is 0 Å². The number of nitrogens with zero attached hydrogens (tertiary/aromatic N) is 2. The normalized spacial score (nSPS) is 48.0. The van der Waals surface area contributed by atoms with Crippen LogP contribution in [0.25, 0.3) is 0 Å². The summed E-state index contributed by atoms with van der Waals surface area (Å²) in [4.78, 5) is 8.47. The summed E-state index contributed by atoms with van der Waals surface area (Å²) in [7, 11) is 0. The van der Waals surface area contributed by atoms with E-state index in [0.717, 1.165) is 12.8 Å². The Morgan fingerprint density at radius 3 is 1.92 bits per heavy atom. The first-order valence-electron chi connectivity index (χ1n) is 4.28. The molecule has 0 N–H and O–H groups in total. The van der Waals surface area contributed by atoms with E-state index in [2.05, 4.69) is 9.98 Å². The highest BCUT2D eigenvalue weighted by Crippen LogP contribution is 2.32. The number of fused-ring (bicyclic) bond motifs is 2. The average Bonchev–Trinajstić information content (AvgIpc) is 2.64. The highest BCUT2D eigenvalue weighted by Gasteiger charge is 2.42. The largest absolute Gasteiger partial charge is 0.478 e. The van der Waals surface area contributed by atoms with E-state index in [1.165, 1.54) is 0 Å². The molecule has 0 radical (unpaired) electrons. The summed E-state index contributed by atoms with van der Waals surface area (Å²) in [6, 6.07) is 0.626. The lowest BCUT2D eigenvalue weighted by molar-refractivity contribution is 0.0767. The van der Waals surface area contributed by atoms with Crippen LogP contribution >= 0.6 is 0 Å². The van der Waals surface area contributed by atoms with Gasteiger partial charge in [0.2, 0.25) is 0 Å². The van der Waals surface area contributed by atoms with Crippen molar-refractivity contribution in [3.8, 4) is 0 Å². The van der Waals surface area contributed by atoms with Gasteiger partial charge in [0.05, 0.1) is 12.1 Å². The molecule has 0 spiro atoms. The Labute approximate surface area is 70.3 Å². The topological polar surface area (TPSA) is 43.2 Å². The fraction of sp³-hybridized carbons (Fsp3) is 0.750. The summed E-state index contributed by atoms with van der Waals surface area (Å²) in [5.41, 5.74) is 0. The highest BCUT2D eigenvalue weighted by atomic mass is 16.5. The molecular weight excluding hydrogens is 156 g/mol. The number of rotatable bonds is 0. The smallest absolute Gasteiger partial charge is 0.170 e. The molecule has 1 saturated carbocycles. The molecule has 0 aromatic rings. The van der Waals surface area contributed by atoms with Gasteiger partial charge in [-0.15, -0.1) is 0 Å². The van der Waals surface area contributed by atoms with Crippen molar-refractivity contribution in [1.82, 2.24) is 0 Å². The van der Waals surface area contributed by atoms with Gasteiger partial charge in [-0.2, -0.15) is 0 Å². The van der Waals surface area contributed by atoms with Gasteiger partial charge in [0.15, 0.2) is 12.8 Å². The van der Waals surface area contributed by atoms with Crippen molar-refractivity contribution in [2.24, 2.45) is 9.98 Å². The molecule has 4 atom stereocenters. The third-order valence-electron chi connectivity index (χ3n) is 2.78. The second kappa shape index (κ2) is 2.21. The van der Waals surface area contributed by atoms with E-state index in [4.69, 9.17) is 9.47 Å². The summed E-state index contributed by atoms with van der Waals surface area (Å²) >= 11 is 0. The molecular formula is C8H10N2O2. The Hall–Kier alpha value is -1.06. The third kappa shape index (κ3) is 0.777. The highest BCUT2D eigenvalue weighted by molar-refractivity contribution is 5.52. The zero-order valence-corrected chi connectivity index (χ0v) is 6.59. The van der Waals surface area contributed by atoms with Crippen LogP contribution in [0.2, 0.25) is 0 Å². The van der Waals surface area contributed by atoms with Gasteiger partial charge in [0.1, 0.15) is 12.2 Å². The zero-order valence-electron chi connectivity index (χ0n) is 6.59. The van der Waals surface area contributed by atoms with Gasteiger partial charge >= 0.3 is 0 Å². The first kappa shape index (κ1) is 6.46. The molecule has 0 aromatic carbocycles. The van der Waals surface area contributed by atoms with Crippen molar-refractivity contribution in [1.29, 1.82) is 0 Å². The second-order valence-electron chi connectivity index (χ2n) is 3.46. The maximum atomic E-state index is 5.34. The number of ether oxygens (including phenoxy) is 2. The lowest BCUT2D eigenvalue weighted by atomic mass is 9.87. The number of hydrogen-bond acceptors (Lipinski definition) is 4. The molecule has 0 aromatic heterocycles. The molecule has 12 heavy (non-hydrogen) atoms. The van der Waals surface area contributed by atoms with E-state index in [1.807, 2.05) is 0 Å². The van der Waals surface area contributed by atoms with Crippen LogP contribution in [0.15, 0.2) is 9.98 Å². The van der Waals surface area contributed by atoms with Gasteiger partial charge in [-0.05, 0) is 0 Å². The van der Waals surface area contributed by atoms with Crippen LogP contribution in [0.1, 0.15) is 12.8 Å². The Balaban J connectivity index is 1.80. The molecule has 4 heteroatoms. The maximum absolute atomic E-state index is 5.34. The van der Waals surface area contributed by atoms with E-state index < -0.39 is 0 Å². The fourth-order valence-electron chi connectivity index (χ4n) is 2.08. The van der Waals surface area contributed by atoms with Gasteiger partial charge in [-0.3, -0.25) is 9.98 Å². The predicted octanol–water partition coefficient (Wildman–Crippen LogP) is 0.372. The molecule has 2 heterocycles. The van der Waals surface area contributed by atoms with Gasteiger partial charge in [0.25, 0.3) is 0 Å². The lowest BCUT2D eigenvalue weighted by Crippen LogP contribution is -2.40. The van der Waals surface area contributed by atoms with Crippen LogP contribution < -0.4 is 0 Å². The predicted molar refractivity (Wildman–Crippen MR) is 43.5 cm³/mol. The Bertz CT molecular complexity index is 225. The van der Waals surface area contributed by atoms with E-state index in [-0.39, 0.29) is 12.2 Å². The fourth-order valence-corrected chi connectivity index (χ4v) is 2.08. The maximum Gasteiger partial charge on any atom is 0.170 e. The van der Waals surface area contributed by atoms with Crippen molar-refractivity contribution < 1.29 is 9.47 Å². The molecule has 64 valence electrons. The summed E-state index contributed by atoms with van der Waals surface area (Å²) in [5.74, 6) is 0. The Kier molecular flexibility index (Phi) is 1.19. The van der Waals surface area contributed by atoms with E-state index in [0.29, 0.717) is 12.1 Å². The lowest BCUT2D eigenvalue weighted by Gasteiger charge is -2.29. The second-order valence-corrected chi connectivity index (χ2v) is 3.46. The minimum Gasteiger partial charge on any atom is -0.478 e. The average molecular weight is 166 g/mol. The standard InChI is InChI=1S/C8H10N2O2/c1-5-8(12-3-9-5)2-6-7(1)11-4-10-6/h3-8H,1-2H2. The zero-order chi connectivity index (χ0) is 7.97. The summed E-state index contributed by atoms with van der Waals surface area (Å²) < 4.78 is 10.7. The van der Waals surface area contributed by atoms with Crippen molar-refractivity contribution in [3.05, 3.63) is 0 Å². The quantitative estimate of drug-likeness (QED) is 0.522. The van der Waals surface area contributed by atoms with Crippen molar-refractivity contribution in [2.75, 3.05) is 0 Å². The molecule has 0 saturated heterocycles. The van der Waals surface area contributed by atoms with Gasteiger partial charge in [-0.25, -0.2) is 0 Å². The molecule has 0 bridgehead atoms. The van der Waals surface area contributed by atoms with Crippen LogP contribution in [0.5, 0.6) is 0 Å². The Morgan fingerprint density at radius 1 is 0.917 bits per heavy atom. The minimum absolute atomic E-state index is 0.255. The number of aliphatic imine (C=N–C) groups is 2. The molecule has 2 aliphatic heterocycles. The summed E-state index contributed by atoms with van der Waals surface area (Å²) in [6.45, 7) is 0. The first-order chi connectivity index (χ1) is 5.93. The molecule has 1 aliphatic carbocycles. The third-order valence-corrected chi connectivity index (χ3v) is 2.78. The van der Waals surface area contributed by atoms with E-state index in [9.17, 15) is 0 Å². The monoisotopic (exact) mass is 166 g/mol. The van der Waals surface area contributed by atoms with Crippen LogP contribution in [0.4, 0.5) is 0 Å². The van der Waals surface area contributed by atoms with Gasteiger partial charge in [0, 0.05) is 12.8 Å². The number of hydrogen-bond donors (Lipinski definition) is 0. The van der Waals surface area contributed by atoms with Crippen LogP contribution in [0, 0.1) is 0 Å². The van der Waals surface area contributed by atoms with Crippen molar-refractivity contribution >= 4 is 12.8 Å². The van der Waals surface area contributed by atoms with Crippen LogP contribution in [-0.2, 0) is 9.47 Å². The van der Waals surface area contributed by atoms with Gasteiger partial charge < -0.3 is 9.47 Å². The van der Waals surface area contributed by atoms with Crippen LogP contribution in [-0.4, -0.2) is 37.1 Å². The molecule has 0 amide bonds. The first-order valence-corrected chi connectivity index (χ1v) is 4.28. The summed E-state index contributed by atoms with van der Waals surface area (Å²) in [5, 5.41) is 0. The van der Waals surface area contributed by atoms with Crippen molar-refractivity contribution in [3.63, 3.8) is 0 Å². The van der Waals surface area contributed by atoms with Crippen LogP contribution in [0.3, 0.4) is 0 Å². The van der Waals surface area contributed by atoms with E-state index >= 15 is 0 Å². The Morgan fingerprint density at radius 2 is 1.42 bits per heavy atom. The SMILES string of the molecule is C1=NC2CC3OC=NC3CC2O1.